The Bertz CT molecular complexity index is 1250. The van der Waals surface area contributed by atoms with Crippen LogP contribution in [0.15, 0.2) is 70.9 Å². The molecule has 1 aliphatic heterocycles. The smallest absolute Gasteiger partial charge is 0.331 e. The van der Waals surface area contributed by atoms with Crippen LogP contribution in [0.3, 0.4) is 0 Å². The lowest BCUT2D eigenvalue weighted by Crippen LogP contribution is -2.53. The molecule has 1 saturated heterocycles. The van der Waals surface area contributed by atoms with Crippen LogP contribution in [0.5, 0.6) is 11.5 Å². The molecule has 1 fully saturated rings. The van der Waals surface area contributed by atoms with E-state index in [0.717, 1.165) is 4.90 Å². The number of furan rings is 1. The SMILES string of the molecule is CCOc1cc(/C=C2\C(=O)NC(=O)N(Cc3ccco3)C2=O)ccc1OCc1ccccc1F. The summed E-state index contributed by atoms with van der Waals surface area (Å²) in [7, 11) is 0. The highest BCUT2D eigenvalue weighted by molar-refractivity contribution is 6.30. The van der Waals surface area contributed by atoms with Gasteiger partial charge in [0.1, 0.15) is 23.8 Å². The van der Waals surface area contributed by atoms with Crippen LogP contribution < -0.4 is 14.8 Å². The molecular weight excluding hydrogens is 443 g/mol. The van der Waals surface area contributed by atoms with Crippen molar-refractivity contribution in [3.8, 4) is 11.5 Å². The lowest BCUT2D eigenvalue weighted by molar-refractivity contribution is -0.130. The zero-order valence-corrected chi connectivity index (χ0v) is 18.2. The highest BCUT2D eigenvalue weighted by atomic mass is 19.1. The second-order valence-electron chi connectivity index (χ2n) is 7.31. The van der Waals surface area contributed by atoms with Gasteiger partial charge >= 0.3 is 6.03 Å². The van der Waals surface area contributed by atoms with Crippen molar-refractivity contribution in [2.24, 2.45) is 0 Å². The Morgan fingerprint density at radius 2 is 1.85 bits per heavy atom. The number of imide groups is 2. The van der Waals surface area contributed by atoms with Crippen molar-refractivity contribution >= 4 is 23.9 Å². The largest absolute Gasteiger partial charge is 0.490 e. The molecule has 1 aromatic heterocycles. The minimum Gasteiger partial charge on any atom is -0.490 e. The topological polar surface area (TPSA) is 98.1 Å². The van der Waals surface area contributed by atoms with Gasteiger partial charge in [-0.2, -0.15) is 0 Å². The van der Waals surface area contributed by atoms with Crippen molar-refractivity contribution in [2.75, 3.05) is 6.61 Å². The van der Waals surface area contributed by atoms with Crippen LogP contribution in [0.4, 0.5) is 9.18 Å². The van der Waals surface area contributed by atoms with Gasteiger partial charge < -0.3 is 13.9 Å². The van der Waals surface area contributed by atoms with Gasteiger partial charge in [0.25, 0.3) is 11.8 Å². The van der Waals surface area contributed by atoms with E-state index in [1.165, 1.54) is 18.4 Å². The van der Waals surface area contributed by atoms with E-state index in [1.807, 2.05) is 0 Å². The van der Waals surface area contributed by atoms with E-state index in [4.69, 9.17) is 13.9 Å². The third-order valence-electron chi connectivity index (χ3n) is 5.00. The number of rotatable bonds is 8. The second-order valence-corrected chi connectivity index (χ2v) is 7.31. The van der Waals surface area contributed by atoms with Crippen LogP contribution in [-0.2, 0) is 22.7 Å². The average Bonchev–Trinajstić information content (AvgIpc) is 3.33. The lowest BCUT2D eigenvalue weighted by atomic mass is 10.1. The molecule has 0 radical (unpaired) electrons. The van der Waals surface area contributed by atoms with Crippen molar-refractivity contribution in [3.63, 3.8) is 0 Å². The van der Waals surface area contributed by atoms with E-state index in [0.29, 0.717) is 35.0 Å². The van der Waals surface area contributed by atoms with Crippen LogP contribution in [0.2, 0.25) is 0 Å². The fraction of sp³-hybridized carbons (Fsp3) is 0.160. The number of hydrogen-bond acceptors (Lipinski definition) is 6. The average molecular weight is 464 g/mol. The fourth-order valence-corrected chi connectivity index (χ4v) is 3.34. The third-order valence-corrected chi connectivity index (χ3v) is 5.00. The molecule has 0 unspecified atom stereocenters. The molecule has 3 aromatic rings. The molecule has 34 heavy (non-hydrogen) atoms. The first-order chi connectivity index (χ1) is 16.5. The summed E-state index contributed by atoms with van der Waals surface area (Å²) in [6, 6.07) is 13.5. The number of urea groups is 1. The van der Waals surface area contributed by atoms with Gasteiger partial charge in [-0.1, -0.05) is 24.3 Å². The number of barbiturate groups is 1. The van der Waals surface area contributed by atoms with Gasteiger partial charge in [0.05, 0.1) is 19.4 Å². The van der Waals surface area contributed by atoms with Crippen LogP contribution in [0.1, 0.15) is 23.8 Å². The predicted molar refractivity (Wildman–Crippen MR) is 119 cm³/mol. The van der Waals surface area contributed by atoms with E-state index >= 15 is 0 Å². The van der Waals surface area contributed by atoms with Gasteiger partial charge in [0, 0.05) is 5.56 Å². The molecule has 2 aromatic carbocycles. The molecule has 0 saturated carbocycles. The zero-order chi connectivity index (χ0) is 24.1. The Labute approximate surface area is 194 Å². The molecule has 0 spiro atoms. The number of carbonyl (C=O) groups is 3. The van der Waals surface area contributed by atoms with E-state index < -0.39 is 17.8 Å². The maximum absolute atomic E-state index is 13.9. The minimum atomic E-state index is -0.824. The maximum atomic E-state index is 13.9. The quantitative estimate of drug-likeness (QED) is 0.399. The number of amides is 4. The number of nitrogens with zero attached hydrogens (tertiary/aromatic N) is 1. The molecule has 1 N–H and O–H groups in total. The zero-order valence-electron chi connectivity index (χ0n) is 18.2. The number of ether oxygens (including phenoxy) is 2. The summed E-state index contributed by atoms with van der Waals surface area (Å²) < 4.78 is 30.5. The van der Waals surface area contributed by atoms with E-state index in [1.54, 1.807) is 55.5 Å². The molecular formula is C25H21FN2O6. The Balaban J connectivity index is 1.57. The van der Waals surface area contributed by atoms with Crippen molar-refractivity contribution in [1.82, 2.24) is 10.2 Å². The number of nitrogens with one attached hydrogen (secondary N) is 1. The summed E-state index contributed by atoms with van der Waals surface area (Å²) in [5.41, 5.74) is 0.656. The van der Waals surface area contributed by atoms with E-state index in [-0.39, 0.29) is 24.5 Å². The minimum absolute atomic E-state index is 0.00206. The molecule has 0 bridgehead atoms. The first-order valence-corrected chi connectivity index (χ1v) is 10.5. The van der Waals surface area contributed by atoms with Crippen molar-refractivity contribution < 1.29 is 32.7 Å². The van der Waals surface area contributed by atoms with Gasteiger partial charge in [-0.3, -0.25) is 19.8 Å². The summed E-state index contributed by atoms with van der Waals surface area (Å²) >= 11 is 0. The first kappa shape index (κ1) is 22.8. The van der Waals surface area contributed by atoms with E-state index in [2.05, 4.69) is 5.32 Å². The van der Waals surface area contributed by atoms with Gasteiger partial charge in [0.15, 0.2) is 11.5 Å². The molecule has 9 heteroatoms. The Morgan fingerprint density at radius 3 is 2.59 bits per heavy atom. The number of benzene rings is 2. The number of halogens is 1. The lowest BCUT2D eigenvalue weighted by Gasteiger charge is -2.25. The molecule has 4 amide bonds. The molecule has 1 aliphatic rings. The Morgan fingerprint density at radius 1 is 1.03 bits per heavy atom. The van der Waals surface area contributed by atoms with Crippen LogP contribution >= 0.6 is 0 Å². The van der Waals surface area contributed by atoms with Crippen LogP contribution in [-0.4, -0.2) is 29.4 Å². The third kappa shape index (κ3) is 4.98. The highest BCUT2D eigenvalue weighted by Crippen LogP contribution is 2.31. The van der Waals surface area contributed by atoms with Crippen molar-refractivity contribution in [2.45, 2.75) is 20.1 Å². The summed E-state index contributed by atoms with van der Waals surface area (Å²) in [6.07, 6.45) is 2.79. The summed E-state index contributed by atoms with van der Waals surface area (Å²) in [5.74, 6) is -0.794. The number of carbonyl (C=O) groups excluding carboxylic acids is 3. The fourth-order valence-electron chi connectivity index (χ4n) is 3.34. The second kappa shape index (κ2) is 10.0. The Kier molecular flexibility index (Phi) is 6.72. The van der Waals surface area contributed by atoms with Gasteiger partial charge in [-0.05, 0) is 48.9 Å². The standard InChI is InChI=1S/C25H21FN2O6/c1-2-32-22-13-16(9-10-21(22)34-15-17-6-3-4-8-20(17)26)12-19-23(29)27-25(31)28(24(19)30)14-18-7-5-11-33-18/h3-13H,2,14-15H2,1H3,(H,27,29,31)/b19-12+. The van der Waals surface area contributed by atoms with Crippen LogP contribution in [0, 0.1) is 5.82 Å². The summed E-state index contributed by atoms with van der Waals surface area (Å²) in [4.78, 5) is 38.3. The Hall–Kier alpha value is -4.40. The van der Waals surface area contributed by atoms with Gasteiger partial charge in [-0.25, -0.2) is 9.18 Å². The summed E-state index contributed by atoms with van der Waals surface area (Å²) in [6.45, 7) is 2.01. The van der Waals surface area contributed by atoms with Crippen molar-refractivity contribution in [1.29, 1.82) is 0 Å². The molecule has 174 valence electrons. The van der Waals surface area contributed by atoms with Gasteiger partial charge in [-0.15, -0.1) is 0 Å². The highest BCUT2D eigenvalue weighted by Gasteiger charge is 2.36. The molecule has 4 rings (SSSR count). The molecule has 8 nitrogen and oxygen atoms in total. The van der Waals surface area contributed by atoms with Crippen molar-refractivity contribution in [3.05, 3.63) is 89.1 Å². The van der Waals surface area contributed by atoms with Crippen LogP contribution in [0.25, 0.3) is 6.08 Å². The number of hydrogen-bond donors (Lipinski definition) is 1. The van der Waals surface area contributed by atoms with E-state index in [9.17, 15) is 18.8 Å². The normalized spacial score (nSPS) is 14.9. The maximum Gasteiger partial charge on any atom is 0.331 e. The predicted octanol–water partition coefficient (Wildman–Crippen LogP) is 4.06. The first-order valence-electron chi connectivity index (χ1n) is 10.5. The summed E-state index contributed by atoms with van der Waals surface area (Å²) in [5, 5.41) is 2.16. The molecule has 0 atom stereocenters. The van der Waals surface area contributed by atoms with Gasteiger partial charge in [0.2, 0.25) is 0 Å². The monoisotopic (exact) mass is 464 g/mol. The molecule has 2 heterocycles. The molecule has 0 aliphatic carbocycles.